The third kappa shape index (κ3) is 7.08. The summed E-state index contributed by atoms with van der Waals surface area (Å²) >= 11 is 0. The molecule has 1 rings (SSSR count). The molecule has 0 spiro atoms. The Morgan fingerprint density at radius 1 is 1.25 bits per heavy atom. The van der Waals surface area contributed by atoms with Gasteiger partial charge >= 0.3 is 0 Å². The number of rotatable bonds is 7. The van der Waals surface area contributed by atoms with Crippen molar-refractivity contribution in [3.8, 4) is 0 Å². The van der Waals surface area contributed by atoms with Gasteiger partial charge in [-0.15, -0.1) is 24.0 Å². The summed E-state index contributed by atoms with van der Waals surface area (Å²) in [5, 5.41) is 10.6. The average molecular weight is 470 g/mol. The smallest absolute Gasteiger partial charge is 0.191 e. The van der Waals surface area contributed by atoms with Crippen LogP contribution < -0.4 is 10.6 Å². The van der Waals surface area contributed by atoms with Crippen LogP contribution in [-0.2, 0) is 30.2 Å². The highest BCUT2D eigenvalue weighted by Crippen LogP contribution is 2.15. The van der Waals surface area contributed by atoms with Crippen molar-refractivity contribution in [2.24, 2.45) is 4.99 Å². The molecule has 0 aliphatic rings. The van der Waals surface area contributed by atoms with Gasteiger partial charge in [-0.1, -0.05) is 19.0 Å². The first-order valence-electron chi connectivity index (χ1n) is 8.12. The lowest BCUT2D eigenvalue weighted by Gasteiger charge is -2.18. The largest absolute Gasteiger partial charge is 0.361 e. The van der Waals surface area contributed by atoms with Crippen LogP contribution in [0.25, 0.3) is 0 Å². The molecule has 0 aliphatic carbocycles. The molecular formula is C16H31IN4O2S. The molecule has 0 aromatic carbocycles. The van der Waals surface area contributed by atoms with Gasteiger partial charge in [0.15, 0.2) is 5.96 Å². The number of nitrogens with one attached hydrogen (secondary N) is 2. The summed E-state index contributed by atoms with van der Waals surface area (Å²) in [5.41, 5.74) is 2.09. The molecule has 0 aliphatic heterocycles. The van der Waals surface area contributed by atoms with Crippen molar-refractivity contribution in [2.75, 3.05) is 19.3 Å². The molecule has 0 fully saturated rings. The summed E-state index contributed by atoms with van der Waals surface area (Å²) in [6, 6.07) is 0. The number of guanidine groups is 1. The highest BCUT2D eigenvalue weighted by Gasteiger charge is 2.19. The second-order valence-electron chi connectivity index (χ2n) is 6.25. The molecule has 2 N–H and O–H groups in total. The predicted octanol–water partition coefficient (Wildman–Crippen LogP) is 2.63. The lowest BCUT2D eigenvalue weighted by molar-refractivity contribution is 0.380. The highest BCUT2D eigenvalue weighted by atomic mass is 127. The van der Waals surface area contributed by atoms with E-state index in [1.807, 2.05) is 20.8 Å². The van der Waals surface area contributed by atoms with E-state index in [9.17, 15) is 4.21 Å². The van der Waals surface area contributed by atoms with Crippen LogP contribution >= 0.6 is 24.0 Å². The molecule has 8 heteroatoms. The number of aromatic nitrogens is 1. The Labute approximate surface area is 165 Å². The molecule has 1 heterocycles. The van der Waals surface area contributed by atoms with Crippen LogP contribution in [0.4, 0.5) is 0 Å². The topological polar surface area (TPSA) is 79.5 Å². The van der Waals surface area contributed by atoms with Gasteiger partial charge in [0, 0.05) is 53.4 Å². The fourth-order valence-electron chi connectivity index (χ4n) is 2.10. The third-order valence-corrected chi connectivity index (χ3v) is 5.47. The standard InChI is InChI=1S/C16H30N4O2S.HI/c1-7-13-12(14(8-2)22-20-13)11-19-15(17-6)18-9-10-23(21)16(3,4)5;/h7-11H2,1-6H3,(H2,17,18,19);1H. The Morgan fingerprint density at radius 2 is 1.92 bits per heavy atom. The van der Waals surface area contributed by atoms with Crippen LogP contribution in [-0.4, -0.2) is 39.4 Å². The molecule has 0 bridgehead atoms. The van der Waals surface area contributed by atoms with Gasteiger partial charge in [0.1, 0.15) is 5.76 Å². The van der Waals surface area contributed by atoms with E-state index in [-0.39, 0.29) is 28.7 Å². The number of aryl methyl sites for hydroxylation is 2. The van der Waals surface area contributed by atoms with Gasteiger partial charge in [0.05, 0.1) is 5.69 Å². The zero-order valence-electron chi connectivity index (χ0n) is 15.6. The van der Waals surface area contributed by atoms with E-state index in [0.29, 0.717) is 24.8 Å². The van der Waals surface area contributed by atoms with E-state index in [0.717, 1.165) is 29.9 Å². The van der Waals surface area contributed by atoms with Crippen molar-refractivity contribution in [2.45, 2.75) is 58.8 Å². The summed E-state index contributed by atoms with van der Waals surface area (Å²) in [5.74, 6) is 2.21. The summed E-state index contributed by atoms with van der Waals surface area (Å²) in [7, 11) is 0.858. The zero-order valence-corrected chi connectivity index (χ0v) is 18.7. The summed E-state index contributed by atoms with van der Waals surface area (Å²) in [6.07, 6.45) is 1.66. The van der Waals surface area contributed by atoms with Crippen molar-refractivity contribution in [1.29, 1.82) is 0 Å². The molecule has 0 saturated heterocycles. The van der Waals surface area contributed by atoms with E-state index in [4.69, 9.17) is 4.52 Å². The van der Waals surface area contributed by atoms with Crippen molar-refractivity contribution in [3.05, 3.63) is 17.0 Å². The van der Waals surface area contributed by atoms with Crippen LogP contribution in [0.1, 0.15) is 51.6 Å². The Kier molecular flexibility index (Phi) is 10.8. The number of hydrogen-bond donors (Lipinski definition) is 2. The van der Waals surface area contributed by atoms with Gasteiger partial charge in [-0.25, -0.2) is 0 Å². The molecule has 1 aromatic rings. The number of hydrogen-bond acceptors (Lipinski definition) is 4. The van der Waals surface area contributed by atoms with Crippen molar-refractivity contribution >= 4 is 40.7 Å². The second kappa shape index (κ2) is 11.1. The first-order valence-corrected chi connectivity index (χ1v) is 9.44. The minimum atomic E-state index is -0.870. The molecule has 1 atom stereocenters. The fourth-order valence-corrected chi connectivity index (χ4v) is 3.00. The monoisotopic (exact) mass is 470 g/mol. The predicted molar refractivity (Wildman–Crippen MR) is 112 cm³/mol. The minimum absolute atomic E-state index is 0. The molecule has 140 valence electrons. The number of nitrogens with zero attached hydrogens (tertiary/aromatic N) is 2. The van der Waals surface area contributed by atoms with Gasteiger partial charge in [0.2, 0.25) is 0 Å². The zero-order chi connectivity index (χ0) is 17.5. The van der Waals surface area contributed by atoms with Gasteiger partial charge in [-0.2, -0.15) is 0 Å². The first-order chi connectivity index (χ1) is 10.8. The van der Waals surface area contributed by atoms with Crippen molar-refractivity contribution in [3.63, 3.8) is 0 Å². The third-order valence-electron chi connectivity index (χ3n) is 3.53. The summed E-state index contributed by atoms with van der Waals surface area (Å²) in [6.45, 7) is 11.3. The molecule has 6 nitrogen and oxygen atoms in total. The quantitative estimate of drug-likeness (QED) is 0.364. The van der Waals surface area contributed by atoms with Gasteiger partial charge in [-0.05, 0) is 27.2 Å². The molecule has 0 saturated carbocycles. The molecular weight excluding hydrogens is 439 g/mol. The molecule has 0 radical (unpaired) electrons. The van der Waals surface area contributed by atoms with E-state index in [1.165, 1.54) is 0 Å². The van der Waals surface area contributed by atoms with Gasteiger partial charge < -0.3 is 15.2 Å². The van der Waals surface area contributed by atoms with Gasteiger partial charge in [0.25, 0.3) is 0 Å². The molecule has 24 heavy (non-hydrogen) atoms. The van der Waals surface area contributed by atoms with Crippen LogP contribution in [0.5, 0.6) is 0 Å². The van der Waals surface area contributed by atoms with Crippen LogP contribution in [0.15, 0.2) is 9.52 Å². The molecule has 0 amide bonds. The summed E-state index contributed by atoms with van der Waals surface area (Å²) in [4.78, 5) is 4.20. The number of halogens is 1. The minimum Gasteiger partial charge on any atom is -0.361 e. The Morgan fingerprint density at radius 3 is 2.42 bits per heavy atom. The van der Waals surface area contributed by atoms with E-state index >= 15 is 0 Å². The Balaban J connectivity index is 0.00000529. The summed E-state index contributed by atoms with van der Waals surface area (Å²) < 4.78 is 17.2. The highest BCUT2D eigenvalue weighted by molar-refractivity contribution is 14.0. The lowest BCUT2D eigenvalue weighted by Crippen LogP contribution is -2.40. The lowest BCUT2D eigenvalue weighted by atomic mass is 10.1. The van der Waals surface area contributed by atoms with Crippen molar-refractivity contribution in [1.82, 2.24) is 15.8 Å². The van der Waals surface area contributed by atoms with E-state index in [2.05, 4.69) is 34.6 Å². The van der Waals surface area contributed by atoms with E-state index < -0.39 is 10.8 Å². The van der Waals surface area contributed by atoms with E-state index in [1.54, 1.807) is 7.05 Å². The Hall–Kier alpha value is -0.640. The fraction of sp³-hybridized carbons (Fsp3) is 0.750. The number of aliphatic imine (C=N–C) groups is 1. The van der Waals surface area contributed by atoms with Crippen LogP contribution in [0, 0.1) is 0 Å². The van der Waals surface area contributed by atoms with Gasteiger partial charge in [-0.3, -0.25) is 9.20 Å². The maximum absolute atomic E-state index is 12.0. The first kappa shape index (κ1) is 23.4. The van der Waals surface area contributed by atoms with Crippen LogP contribution in [0.2, 0.25) is 0 Å². The normalized spacial score (nSPS) is 13.3. The maximum Gasteiger partial charge on any atom is 0.191 e. The molecule has 1 unspecified atom stereocenters. The Bertz CT molecular complexity index is 531. The SMILES string of the molecule is CCc1noc(CC)c1CNC(=NC)NCCS(=O)C(C)(C)C.I. The second-order valence-corrected chi connectivity index (χ2v) is 8.58. The molecule has 1 aromatic heterocycles. The van der Waals surface area contributed by atoms with Crippen molar-refractivity contribution < 1.29 is 8.73 Å². The van der Waals surface area contributed by atoms with Crippen LogP contribution in [0.3, 0.4) is 0 Å². The average Bonchev–Trinajstić information content (AvgIpc) is 2.91. The maximum atomic E-state index is 12.0.